The number of rotatable bonds is 2. The van der Waals surface area contributed by atoms with E-state index in [4.69, 9.17) is 0 Å². The van der Waals surface area contributed by atoms with E-state index in [1.807, 2.05) is 17.7 Å². The van der Waals surface area contributed by atoms with Gasteiger partial charge in [-0.25, -0.2) is 9.97 Å². The molecule has 3 heterocycles. The molecule has 1 aliphatic rings. The summed E-state index contributed by atoms with van der Waals surface area (Å²) >= 11 is 1.56. The summed E-state index contributed by atoms with van der Waals surface area (Å²) in [6, 6.07) is -0.131. The number of hydrogen-bond donors (Lipinski definition) is 1. The highest BCUT2D eigenvalue weighted by molar-refractivity contribution is 7.13. The molecule has 88 valence electrons. The minimum absolute atomic E-state index is 0.0754. The molecule has 17 heavy (non-hydrogen) atoms. The number of hydrogen-bond acceptors (Lipinski definition) is 4. The number of nitrogens with zero attached hydrogens (tertiary/aromatic N) is 3. The van der Waals surface area contributed by atoms with Crippen molar-refractivity contribution in [2.75, 3.05) is 6.54 Å². The van der Waals surface area contributed by atoms with Gasteiger partial charge in [-0.05, 0) is 13.3 Å². The van der Waals surface area contributed by atoms with Crippen LogP contribution in [-0.4, -0.2) is 27.0 Å². The van der Waals surface area contributed by atoms with Crippen molar-refractivity contribution >= 4 is 17.2 Å². The largest absolute Gasteiger partial charge is 0.354 e. The van der Waals surface area contributed by atoms with Crippen LogP contribution in [0.5, 0.6) is 0 Å². The molecule has 1 fully saturated rings. The Balaban J connectivity index is 2.05. The van der Waals surface area contributed by atoms with Crippen LogP contribution in [0, 0.1) is 6.92 Å². The lowest BCUT2D eigenvalue weighted by molar-refractivity contribution is -0.121. The van der Waals surface area contributed by atoms with Gasteiger partial charge in [-0.3, -0.25) is 4.79 Å². The molecule has 1 unspecified atom stereocenters. The van der Waals surface area contributed by atoms with Gasteiger partial charge in [0.15, 0.2) is 5.82 Å². The van der Waals surface area contributed by atoms with Crippen molar-refractivity contribution in [3.63, 3.8) is 0 Å². The van der Waals surface area contributed by atoms with Gasteiger partial charge >= 0.3 is 0 Å². The molecule has 0 aromatic carbocycles. The number of carbonyl (C=O) groups excluding carboxylic acids is 1. The lowest BCUT2D eigenvalue weighted by atomic mass is 10.2. The molecule has 0 radical (unpaired) electrons. The monoisotopic (exact) mass is 248 g/mol. The third-order valence-corrected chi connectivity index (χ3v) is 3.90. The summed E-state index contributed by atoms with van der Waals surface area (Å²) in [7, 11) is 0. The second-order valence-electron chi connectivity index (χ2n) is 4.02. The molecule has 3 rings (SSSR count). The molecule has 1 N–H and O–H groups in total. The molecule has 5 nitrogen and oxygen atoms in total. The first-order valence-electron chi connectivity index (χ1n) is 5.48. The smallest absolute Gasteiger partial charge is 0.243 e. The standard InChI is InChI=1S/C11H12N4OS/c1-7-9(17-6-14-7)10-12-4-5-15(10)8-2-3-13-11(8)16/h4-6,8H,2-3H2,1H3,(H,13,16). The predicted molar refractivity (Wildman–Crippen MR) is 64.7 cm³/mol. The van der Waals surface area contributed by atoms with Crippen LogP contribution in [0.2, 0.25) is 0 Å². The highest BCUT2D eigenvalue weighted by atomic mass is 32.1. The second kappa shape index (κ2) is 3.96. The van der Waals surface area contributed by atoms with E-state index in [0.29, 0.717) is 0 Å². The molecule has 1 atom stereocenters. The summed E-state index contributed by atoms with van der Waals surface area (Å²) < 4.78 is 1.95. The molecule has 0 bridgehead atoms. The van der Waals surface area contributed by atoms with Crippen LogP contribution in [0.1, 0.15) is 18.2 Å². The van der Waals surface area contributed by atoms with Crippen LogP contribution in [0.4, 0.5) is 0 Å². The Morgan fingerprint density at radius 2 is 2.41 bits per heavy atom. The first-order valence-corrected chi connectivity index (χ1v) is 6.36. The van der Waals surface area contributed by atoms with Crippen molar-refractivity contribution in [3.05, 3.63) is 23.6 Å². The number of amides is 1. The minimum atomic E-state index is -0.131. The van der Waals surface area contributed by atoms with Crippen molar-refractivity contribution in [1.29, 1.82) is 0 Å². The first kappa shape index (κ1) is 10.5. The molecule has 6 heteroatoms. The fraction of sp³-hybridized carbons (Fsp3) is 0.364. The van der Waals surface area contributed by atoms with Crippen LogP contribution in [0.3, 0.4) is 0 Å². The van der Waals surface area contributed by atoms with Crippen LogP contribution in [-0.2, 0) is 4.79 Å². The number of carbonyl (C=O) groups is 1. The summed E-state index contributed by atoms with van der Waals surface area (Å²) in [5.41, 5.74) is 2.76. The Hall–Kier alpha value is -1.69. The van der Waals surface area contributed by atoms with Gasteiger partial charge in [0.1, 0.15) is 6.04 Å². The van der Waals surface area contributed by atoms with Gasteiger partial charge in [-0.2, -0.15) is 0 Å². The molecule has 0 spiro atoms. The zero-order valence-electron chi connectivity index (χ0n) is 9.38. The fourth-order valence-corrected chi connectivity index (χ4v) is 2.91. The number of aryl methyl sites for hydroxylation is 1. The van der Waals surface area contributed by atoms with Gasteiger partial charge in [0, 0.05) is 18.9 Å². The number of nitrogens with one attached hydrogen (secondary N) is 1. The SMILES string of the molecule is Cc1ncsc1-c1nccn1C1CCNC1=O. The predicted octanol–water partition coefficient (Wildman–Crippen LogP) is 1.38. The van der Waals surface area contributed by atoms with E-state index in [0.717, 1.165) is 29.4 Å². The molecule has 1 amide bonds. The molecule has 1 aliphatic heterocycles. The lowest BCUT2D eigenvalue weighted by Crippen LogP contribution is -2.21. The van der Waals surface area contributed by atoms with E-state index >= 15 is 0 Å². The maximum Gasteiger partial charge on any atom is 0.243 e. The summed E-state index contributed by atoms with van der Waals surface area (Å²) in [4.78, 5) is 21.3. The molecule has 2 aromatic rings. The first-order chi connectivity index (χ1) is 8.27. The van der Waals surface area contributed by atoms with Crippen molar-refractivity contribution in [1.82, 2.24) is 19.9 Å². The average Bonchev–Trinajstić information content (AvgIpc) is 2.97. The Bertz CT molecular complexity index is 559. The quantitative estimate of drug-likeness (QED) is 0.873. The molecule has 0 aliphatic carbocycles. The van der Waals surface area contributed by atoms with E-state index in [2.05, 4.69) is 15.3 Å². The lowest BCUT2D eigenvalue weighted by Gasteiger charge is -2.11. The number of imidazole rings is 1. The zero-order valence-corrected chi connectivity index (χ0v) is 10.2. The van der Waals surface area contributed by atoms with Crippen LogP contribution in [0.15, 0.2) is 17.9 Å². The van der Waals surface area contributed by atoms with Gasteiger partial charge in [0.05, 0.1) is 16.1 Å². The Morgan fingerprint density at radius 3 is 3.06 bits per heavy atom. The topological polar surface area (TPSA) is 59.8 Å². The molecular weight excluding hydrogens is 236 g/mol. The Labute approximate surface area is 103 Å². The molecule has 1 saturated heterocycles. The third-order valence-electron chi connectivity index (χ3n) is 2.97. The Kier molecular flexibility index (Phi) is 2.44. The van der Waals surface area contributed by atoms with Gasteiger partial charge in [0.25, 0.3) is 0 Å². The van der Waals surface area contributed by atoms with Crippen molar-refractivity contribution < 1.29 is 4.79 Å². The average molecular weight is 248 g/mol. The van der Waals surface area contributed by atoms with Crippen LogP contribution in [0.25, 0.3) is 10.7 Å². The van der Waals surface area contributed by atoms with Crippen molar-refractivity contribution in [2.24, 2.45) is 0 Å². The summed E-state index contributed by atoms with van der Waals surface area (Å²) in [6.07, 6.45) is 4.42. The van der Waals surface area contributed by atoms with Gasteiger partial charge < -0.3 is 9.88 Å². The van der Waals surface area contributed by atoms with E-state index in [-0.39, 0.29) is 11.9 Å². The van der Waals surface area contributed by atoms with Gasteiger partial charge in [0.2, 0.25) is 5.91 Å². The van der Waals surface area contributed by atoms with E-state index in [9.17, 15) is 4.79 Å². The molecule has 2 aromatic heterocycles. The fourth-order valence-electron chi connectivity index (χ4n) is 2.10. The minimum Gasteiger partial charge on any atom is -0.354 e. The van der Waals surface area contributed by atoms with E-state index in [1.54, 1.807) is 23.0 Å². The summed E-state index contributed by atoms with van der Waals surface area (Å²) in [5.74, 6) is 0.915. The highest BCUT2D eigenvalue weighted by Gasteiger charge is 2.28. The Morgan fingerprint density at radius 1 is 1.53 bits per heavy atom. The van der Waals surface area contributed by atoms with E-state index in [1.165, 1.54) is 0 Å². The van der Waals surface area contributed by atoms with Crippen molar-refractivity contribution in [2.45, 2.75) is 19.4 Å². The summed E-state index contributed by atoms with van der Waals surface area (Å²) in [6.45, 7) is 2.70. The van der Waals surface area contributed by atoms with Crippen LogP contribution < -0.4 is 5.32 Å². The maximum atomic E-state index is 11.7. The van der Waals surface area contributed by atoms with Gasteiger partial charge in [-0.15, -0.1) is 11.3 Å². The normalized spacial score (nSPS) is 19.6. The summed E-state index contributed by atoms with van der Waals surface area (Å²) in [5, 5.41) is 2.85. The van der Waals surface area contributed by atoms with Crippen LogP contribution >= 0.6 is 11.3 Å². The molecular formula is C11H12N4OS. The molecule has 0 saturated carbocycles. The number of thiazole rings is 1. The third kappa shape index (κ3) is 1.64. The second-order valence-corrected chi connectivity index (χ2v) is 4.88. The number of aromatic nitrogens is 3. The highest BCUT2D eigenvalue weighted by Crippen LogP contribution is 2.29. The van der Waals surface area contributed by atoms with Crippen molar-refractivity contribution in [3.8, 4) is 10.7 Å². The van der Waals surface area contributed by atoms with E-state index < -0.39 is 0 Å². The maximum absolute atomic E-state index is 11.7. The van der Waals surface area contributed by atoms with Gasteiger partial charge in [-0.1, -0.05) is 0 Å². The zero-order chi connectivity index (χ0) is 11.8.